The Morgan fingerprint density at radius 3 is 2.68 bits per heavy atom. The minimum Gasteiger partial charge on any atom is -0.481 e. The molecular weight excluding hydrogens is 425 g/mol. The monoisotopic (exact) mass is 439 g/mol. The summed E-state index contributed by atoms with van der Waals surface area (Å²) in [7, 11) is 0. The first-order valence-corrected chi connectivity index (χ1v) is 9.49. The van der Waals surface area contributed by atoms with Crippen molar-refractivity contribution in [3.63, 3.8) is 0 Å². The first kappa shape index (κ1) is 20.4. The molecule has 0 radical (unpaired) electrons. The number of pyridine rings is 1. The Balaban J connectivity index is 1.43. The molecule has 0 aliphatic rings. The minimum atomic E-state index is -0.955. The number of aromatic nitrogens is 2. The van der Waals surface area contributed by atoms with Gasteiger partial charge in [0.15, 0.2) is 0 Å². The molecule has 0 aliphatic carbocycles. The van der Waals surface area contributed by atoms with Crippen molar-refractivity contribution in [2.45, 2.75) is 6.42 Å². The van der Waals surface area contributed by atoms with Crippen molar-refractivity contribution in [2.75, 3.05) is 5.32 Å². The number of anilines is 1. The third-order valence-electron chi connectivity index (χ3n) is 4.39. The van der Waals surface area contributed by atoms with E-state index in [0.29, 0.717) is 27.9 Å². The van der Waals surface area contributed by atoms with E-state index in [4.69, 9.17) is 21.4 Å². The molecule has 0 fully saturated rings. The number of amides is 1. The lowest BCUT2D eigenvalue weighted by Gasteiger charge is -2.09. The van der Waals surface area contributed by atoms with Gasteiger partial charge in [-0.2, -0.15) is 0 Å². The van der Waals surface area contributed by atoms with Crippen molar-refractivity contribution in [3.05, 3.63) is 82.9 Å². The van der Waals surface area contributed by atoms with E-state index in [9.17, 15) is 14.0 Å². The van der Waals surface area contributed by atoms with E-state index >= 15 is 0 Å². The van der Waals surface area contributed by atoms with Crippen molar-refractivity contribution in [1.82, 2.24) is 9.97 Å². The lowest BCUT2D eigenvalue weighted by Crippen LogP contribution is -2.12. The van der Waals surface area contributed by atoms with Gasteiger partial charge in [0, 0.05) is 17.0 Å². The molecule has 0 spiro atoms. The van der Waals surface area contributed by atoms with Gasteiger partial charge >= 0.3 is 5.97 Å². The average molecular weight is 440 g/mol. The summed E-state index contributed by atoms with van der Waals surface area (Å²) in [6, 6.07) is 13.6. The molecular formula is C22H15ClFN3O4. The van der Waals surface area contributed by atoms with E-state index in [0.717, 1.165) is 0 Å². The van der Waals surface area contributed by atoms with Crippen LogP contribution in [-0.4, -0.2) is 27.0 Å². The van der Waals surface area contributed by atoms with Crippen LogP contribution in [0, 0.1) is 5.82 Å². The number of fused-ring (bicyclic) bond motifs is 1. The van der Waals surface area contributed by atoms with E-state index < -0.39 is 11.9 Å². The zero-order valence-corrected chi connectivity index (χ0v) is 16.6. The van der Waals surface area contributed by atoms with Crippen LogP contribution >= 0.6 is 11.6 Å². The summed E-state index contributed by atoms with van der Waals surface area (Å²) in [6.45, 7) is 0. The van der Waals surface area contributed by atoms with Gasteiger partial charge in [-0.05, 0) is 48.0 Å². The third kappa shape index (κ3) is 4.81. The number of carbonyl (C=O) groups excluding carboxylic acids is 1. The summed E-state index contributed by atoms with van der Waals surface area (Å²) in [4.78, 5) is 30.3. The second kappa shape index (κ2) is 8.45. The molecule has 2 aromatic carbocycles. The molecule has 0 saturated carbocycles. The number of aromatic amines is 1. The molecule has 0 atom stereocenters. The molecule has 0 unspecified atom stereocenters. The summed E-state index contributed by atoms with van der Waals surface area (Å²) in [6.07, 6.45) is 1.28. The van der Waals surface area contributed by atoms with Gasteiger partial charge in [-0.1, -0.05) is 17.7 Å². The van der Waals surface area contributed by atoms with Gasteiger partial charge in [-0.25, -0.2) is 9.37 Å². The maximum atomic E-state index is 13.3. The molecule has 9 heteroatoms. The molecule has 2 aromatic heterocycles. The zero-order chi connectivity index (χ0) is 22.0. The van der Waals surface area contributed by atoms with Crippen molar-refractivity contribution < 1.29 is 23.8 Å². The molecule has 2 heterocycles. The zero-order valence-electron chi connectivity index (χ0n) is 15.9. The largest absolute Gasteiger partial charge is 0.481 e. The Morgan fingerprint density at radius 1 is 1.13 bits per heavy atom. The first-order valence-electron chi connectivity index (χ1n) is 9.11. The number of halogens is 2. The summed E-state index contributed by atoms with van der Waals surface area (Å²) >= 11 is 6.14. The fourth-order valence-corrected chi connectivity index (χ4v) is 3.20. The number of hydrogen-bond acceptors (Lipinski definition) is 4. The van der Waals surface area contributed by atoms with Gasteiger partial charge < -0.3 is 20.1 Å². The maximum Gasteiger partial charge on any atom is 0.307 e. The number of nitrogens with one attached hydrogen (secondary N) is 2. The lowest BCUT2D eigenvalue weighted by atomic mass is 10.1. The van der Waals surface area contributed by atoms with Crippen LogP contribution < -0.4 is 10.1 Å². The molecule has 4 rings (SSSR count). The van der Waals surface area contributed by atoms with Gasteiger partial charge in [0.1, 0.15) is 17.3 Å². The summed E-state index contributed by atoms with van der Waals surface area (Å²) < 4.78 is 18.9. The Labute approximate surface area is 180 Å². The number of rotatable bonds is 6. The predicted octanol–water partition coefficient (Wildman–Crippen LogP) is 5.03. The Morgan fingerprint density at radius 2 is 1.97 bits per heavy atom. The van der Waals surface area contributed by atoms with Crippen molar-refractivity contribution >= 4 is 40.1 Å². The average Bonchev–Trinajstić information content (AvgIpc) is 3.14. The van der Waals surface area contributed by atoms with Crippen LogP contribution in [0.25, 0.3) is 10.9 Å². The topological polar surface area (TPSA) is 104 Å². The normalized spacial score (nSPS) is 10.8. The molecule has 4 aromatic rings. The number of nitrogens with zero attached hydrogens (tertiary/aromatic N) is 1. The third-order valence-corrected chi connectivity index (χ3v) is 4.68. The van der Waals surface area contributed by atoms with Crippen LogP contribution in [0.1, 0.15) is 16.1 Å². The Bertz CT molecular complexity index is 1290. The van der Waals surface area contributed by atoms with Gasteiger partial charge in [-0.15, -0.1) is 0 Å². The molecule has 0 bridgehead atoms. The second-order valence-electron chi connectivity index (χ2n) is 6.69. The van der Waals surface area contributed by atoms with Crippen LogP contribution in [0.3, 0.4) is 0 Å². The highest BCUT2D eigenvalue weighted by Gasteiger charge is 2.12. The van der Waals surface area contributed by atoms with E-state index in [1.165, 1.54) is 24.4 Å². The SMILES string of the molecule is O=C(O)Cc1ccc(Oc2ccc(NC(=O)c3cc4cc(F)ccc4[nH]3)cn2)c(Cl)c1. The van der Waals surface area contributed by atoms with Crippen LogP contribution in [0.4, 0.5) is 10.1 Å². The van der Waals surface area contributed by atoms with Gasteiger partial charge in [0.25, 0.3) is 5.91 Å². The fourth-order valence-electron chi connectivity index (χ4n) is 2.96. The molecule has 31 heavy (non-hydrogen) atoms. The van der Waals surface area contributed by atoms with E-state index in [1.807, 2.05) is 0 Å². The van der Waals surface area contributed by atoms with Crippen LogP contribution in [0.15, 0.2) is 60.8 Å². The van der Waals surface area contributed by atoms with Gasteiger partial charge in [0.05, 0.1) is 23.3 Å². The Kier molecular flexibility index (Phi) is 5.55. The van der Waals surface area contributed by atoms with Gasteiger partial charge in [0.2, 0.25) is 5.88 Å². The number of ether oxygens (including phenoxy) is 1. The van der Waals surface area contributed by atoms with E-state index in [1.54, 1.807) is 36.4 Å². The quantitative estimate of drug-likeness (QED) is 0.391. The van der Waals surface area contributed by atoms with E-state index in [2.05, 4.69) is 15.3 Å². The molecule has 1 amide bonds. The smallest absolute Gasteiger partial charge is 0.307 e. The van der Waals surface area contributed by atoms with Crippen molar-refractivity contribution in [3.8, 4) is 11.6 Å². The first-order chi connectivity index (χ1) is 14.9. The second-order valence-corrected chi connectivity index (χ2v) is 7.10. The van der Waals surface area contributed by atoms with Crippen molar-refractivity contribution in [2.24, 2.45) is 0 Å². The molecule has 0 aliphatic heterocycles. The lowest BCUT2D eigenvalue weighted by molar-refractivity contribution is -0.136. The highest BCUT2D eigenvalue weighted by molar-refractivity contribution is 6.32. The number of hydrogen-bond donors (Lipinski definition) is 3. The maximum absolute atomic E-state index is 13.3. The molecule has 3 N–H and O–H groups in total. The number of aliphatic carboxylic acids is 1. The molecule has 7 nitrogen and oxygen atoms in total. The number of H-pyrrole nitrogens is 1. The number of carboxylic acids is 1. The van der Waals surface area contributed by atoms with Crippen LogP contribution in [0.5, 0.6) is 11.6 Å². The van der Waals surface area contributed by atoms with E-state index in [-0.39, 0.29) is 28.8 Å². The summed E-state index contributed by atoms with van der Waals surface area (Å²) in [5.41, 5.74) is 1.93. The number of benzene rings is 2. The Hall–Kier alpha value is -3.91. The van der Waals surface area contributed by atoms with Crippen molar-refractivity contribution in [1.29, 1.82) is 0 Å². The van der Waals surface area contributed by atoms with Crippen LogP contribution in [-0.2, 0) is 11.2 Å². The highest BCUT2D eigenvalue weighted by atomic mass is 35.5. The molecule has 156 valence electrons. The highest BCUT2D eigenvalue weighted by Crippen LogP contribution is 2.30. The number of carbonyl (C=O) groups is 2. The fraction of sp³-hybridized carbons (Fsp3) is 0.0455. The molecule has 0 saturated heterocycles. The summed E-state index contributed by atoms with van der Waals surface area (Å²) in [5, 5.41) is 12.4. The number of carboxylic acid groups (broad SMARTS) is 1. The minimum absolute atomic E-state index is 0.141. The van der Waals surface area contributed by atoms with Crippen LogP contribution in [0.2, 0.25) is 5.02 Å². The standard InChI is InChI=1S/C22H15ClFN3O4/c23-16-7-12(8-21(28)29)1-5-19(16)31-20-6-3-15(11-25-20)26-22(30)18-10-13-9-14(24)2-4-17(13)27-18/h1-7,9-11,27H,8H2,(H,26,30)(H,28,29). The summed E-state index contributed by atoms with van der Waals surface area (Å²) in [5.74, 6) is -1.17. The predicted molar refractivity (Wildman–Crippen MR) is 113 cm³/mol. The van der Waals surface area contributed by atoms with Gasteiger partial charge in [-0.3, -0.25) is 9.59 Å².